The van der Waals surface area contributed by atoms with Crippen LogP contribution in [-0.4, -0.2) is 30.6 Å². The Morgan fingerprint density at radius 2 is 1.87 bits per heavy atom. The minimum absolute atomic E-state index is 0.0960. The lowest BCUT2D eigenvalue weighted by atomic mass is 10.0. The quantitative estimate of drug-likeness (QED) is 0.711. The zero-order chi connectivity index (χ0) is 17.6. The van der Waals surface area contributed by atoms with Gasteiger partial charge in [-0.25, -0.2) is 4.79 Å². The highest BCUT2D eigenvalue weighted by Gasteiger charge is 2.24. The van der Waals surface area contributed by atoms with Crippen molar-refractivity contribution in [3.63, 3.8) is 0 Å². The van der Waals surface area contributed by atoms with Gasteiger partial charge in [0.25, 0.3) is 0 Å². The molecule has 1 heterocycles. The zero-order valence-electron chi connectivity index (χ0n) is 15.0. The molecular formula is C17H28N2O3S. The number of rotatable bonds is 8. The molecule has 0 unspecified atom stereocenters. The predicted molar refractivity (Wildman–Crippen MR) is 95.4 cm³/mol. The van der Waals surface area contributed by atoms with Crippen LogP contribution in [0.15, 0.2) is 0 Å². The number of ether oxygens (including phenoxy) is 1. The molecule has 0 aliphatic rings. The first-order valence-corrected chi connectivity index (χ1v) is 8.91. The van der Waals surface area contributed by atoms with Crippen LogP contribution in [0.4, 0.5) is 5.00 Å². The number of carbonyl (C=O) groups is 2. The van der Waals surface area contributed by atoms with Crippen molar-refractivity contribution in [3.05, 3.63) is 16.0 Å². The normalized spacial score (nSPS) is 11.4. The van der Waals surface area contributed by atoms with Gasteiger partial charge in [-0.15, -0.1) is 11.3 Å². The van der Waals surface area contributed by atoms with Crippen LogP contribution in [0.25, 0.3) is 0 Å². The molecule has 0 bridgehead atoms. The highest BCUT2D eigenvalue weighted by atomic mass is 32.1. The van der Waals surface area contributed by atoms with E-state index in [0.29, 0.717) is 17.2 Å². The number of carbonyl (C=O) groups excluding carboxylic acids is 2. The maximum Gasteiger partial charge on any atom is 0.341 e. The first-order chi connectivity index (χ1) is 10.8. The largest absolute Gasteiger partial charge is 0.462 e. The van der Waals surface area contributed by atoms with Gasteiger partial charge in [0, 0.05) is 10.4 Å². The monoisotopic (exact) mass is 340 g/mol. The standard InChI is InChI=1S/C17H28N2O3S/c1-7-12-11(4)23-15(14(12)16(21)22-9-3)19-13(20)10-18-17(5,6)8-2/h18H,7-10H2,1-6H3,(H,19,20). The molecule has 0 radical (unpaired) electrons. The second-order valence-corrected chi connectivity index (χ2v) is 7.28. The molecule has 0 atom stereocenters. The summed E-state index contributed by atoms with van der Waals surface area (Å²) in [7, 11) is 0. The molecule has 0 aromatic carbocycles. The Hall–Kier alpha value is -1.40. The summed E-state index contributed by atoms with van der Waals surface area (Å²) >= 11 is 1.43. The van der Waals surface area contributed by atoms with Crippen molar-refractivity contribution in [2.24, 2.45) is 0 Å². The van der Waals surface area contributed by atoms with E-state index in [1.165, 1.54) is 11.3 Å². The van der Waals surface area contributed by atoms with Crippen molar-refractivity contribution in [1.82, 2.24) is 5.32 Å². The minimum atomic E-state index is -0.370. The van der Waals surface area contributed by atoms with Crippen molar-refractivity contribution in [1.29, 1.82) is 0 Å². The molecule has 0 aliphatic carbocycles. The van der Waals surface area contributed by atoms with E-state index in [2.05, 4.69) is 31.4 Å². The van der Waals surface area contributed by atoms with Crippen LogP contribution < -0.4 is 10.6 Å². The van der Waals surface area contributed by atoms with Crippen LogP contribution >= 0.6 is 11.3 Å². The topological polar surface area (TPSA) is 67.4 Å². The molecule has 2 N–H and O–H groups in total. The predicted octanol–water partition coefficient (Wildman–Crippen LogP) is 3.51. The molecule has 23 heavy (non-hydrogen) atoms. The Balaban J connectivity index is 2.91. The van der Waals surface area contributed by atoms with Crippen LogP contribution in [0.5, 0.6) is 0 Å². The van der Waals surface area contributed by atoms with Crippen molar-refractivity contribution in [3.8, 4) is 0 Å². The number of esters is 1. The van der Waals surface area contributed by atoms with E-state index in [-0.39, 0.29) is 24.0 Å². The number of nitrogens with one attached hydrogen (secondary N) is 2. The maximum atomic E-state index is 12.2. The Morgan fingerprint density at radius 1 is 1.22 bits per heavy atom. The number of anilines is 1. The molecule has 0 spiro atoms. The molecule has 130 valence electrons. The van der Waals surface area contributed by atoms with Crippen molar-refractivity contribution >= 4 is 28.2 Å². The lowest BCUT2D eigenvalue weighted by Crippen LogP contribution is -2.43. The average Bonchev–Trinajstić information content (AvgIpc) is 2.81. The smallest absolute Gasteiger partial charge is 0.341 e. The molecule has 6 heteroatoms. The Kier molecular flexibility index (Phi) is 7.22. The van der Waals surface area contributed by atoms with Gasteiger partial charge in [-0.05, 0) is 46.1 Å². The van der Waals surface area contributed by atoms with Gasteiger partial charge in [-0.1, -0.05) is 13.8 Å². The van der Waals surface area contributed by atoms with Crippen molar-refractivity contribution in [2.75, 3.05) is 18.5 Å². The van der Waals surface area contributed by atoms with E-state index < -0.39 is 0 Å². The molecule has 0 fully saturated rings. The van der Waals surface area contributed by atoms with Crippen LogP contribution in [0, 0.1) is 6.92 Å². The Morgan fingerprint density at radius 3 is 2.39 bits per heavy atom. The first kappa shape index (κ1) is 19.6. The van der Waals surface area contributed by atoms with Crippen LogP contribution in [0.1, 0.15) is 61.8 Å². The van der Waals surface area contributed by atoms with Gasteiger partial charge in [0.15, 0.2) is 0 Å². The highest BCUT2D eigenvalue weighted by molar-refractivity contribution is 7.16. The van der Waals surface area contributed by atoms with E-state index in [4.69, 9.17) is 4.74 Å². The lowest BCUT2D eigenvalue weighted by Gasteiger charge is -2.24. The number of hydrogen-bond donors (Lipinski definition) is 2. The van der Waals surface area contributed by atoms with Crippen molar-refractivity contribution < 1.29 is 14.3 Å². The molecule has 1 aromatic heterocycles. The summed E-state index contributed by atoms with van der Waals surface area (Å²) in [5.41, 5.74) is 1.35. The van der Waals surface area contributed by atoms with Crippen LogP contribution in [0.3, 0.4) is 0 Å². The summed E-state index contributed by atoms with van der Waals surface area (Å²) in [5, 5.41) is 6.65. The van der Waals surface area contributed by atoms with E-state index in [9.17, 15) is 9.59 Å². The fourth-order valence-electron chi connectivity index (χ4n) is 2.13. The number of hydrogen-bond acceptors (Lipinski definition) is 5. The second kappa shape index (κ2) is 8.45. The second-order valence-electron chi connectivity index (χ2n) is 6.05. The summed E-state index contributed by atoms with van der Waals surface area (Å²) in [6.45, 7) is 12.4. The average molecular weight is 340 g/mol. The zero-order valence-corrected chi connectivity index (χ0v) is 15.8. The molecule has 5 nitrogen and oxygen atoms in total. The van der Waals surface area contributed by atoms with Gasteiger partial charge in [0.05, 0.1) is 18.7 Å². The number of amides is 1. The molecule has 0 saturated carbocycles. The lowest BCUT2D eigenvalue weighted by molar-refractivity contribution is -0.115. The van der Waals surface area contributed by atoms with Crippen LogP contribution in [0.2, 0.25) is 0 Å². The molecule has 1 aromatic rings. The van der Waals surface area contributed by atoms with Gasteiger partial charge >= 0.3 is 5.97 Å². The van der Waals surface area contributed by atoms with E-state index in [0.717, 1.165) is 23.3 Å². The fraction of sp³-hybridized carbons (Fsp3) is 0.647. The summed E-state index contributed by atoms with van der Waals surface area (Å²) in [6, 6.07) is 0. The first-order valence-electron chi connectivity index (χ1n) is 8.09. The highest BCUT2D eigenvalue weighted by Crippen LogP contribution is 2.34. The summed E-state index contributed by atoms with van der Waals surface area (Å²) in [5.74, 6) is -0.521. The van der Waals surface area contributed by atoms with E-state index in [1.807, 2.05) is 13.8 Å². The third kappa shape index (κ3) is 5.32. The van der Waals surface area contributed by atoms with E-state index in [1.54, 1.807) is 6.92 Å². The van der Waals surface area contributed by atoms with E-state index >= 15 is 0 Å². The third-order valence-electron chi connectivity index (χ3n) is 3.91. The Bertz CT molecular complexity index is 564. The molecule has 0 saturated heterocycles. The van der Waals surface area contributed by atoms with Gasteiger partial charge in [0.2, 0.25) is 5.91 Å². The minimum Gasteiger partial charge on any atom is -0.462 e. The number of thiophene rings is 1. The molecule has 0 aliphatic heterocycles. The van der Waals surface area contributed by atoms with Gasteiger partial charge in [-0.3, -0.25) is 4.79 Å². The molecule has 1 rings (SSSR count). The molecule has 1 amide bonds. The summed E-state index contributed by atoms with van der Waals surface area (Å²) in [6.07, 6.45) is 1.65. The third-order valence-corrected chi connectivity index (χ3v) is 4.97. The Labute approximate surface area is 142 Å². The maximum absolute atomic E-state index is 12.2. The summed E-state index contributed by atoms with van der Waals surface area (Å²) in [4.78, 5) is 25.5. The van der Waals surface area contributed by atoms with Gasteiger partial charge < -0.3 is 15.4 Å². The van der Waals surface area contributed by atoms with Crippen molar-refractivity contribution in [2.45, 2.75) is 59.9 Å². The summed E-state index contributed by atoms with van der Waals surface area (Å²) < 4.78 is 5.14. The van der Waals surface area contributed by atoms with Crippen LogP contribution in [-0.2, 0) is 16.0 Å². The SMILES string of the molecule is CCOC(=O)c1c(NC(=O)CNC(C)(C)CC)sc(C)c1CC. The van der Waals surface area contributed by atoms with Gasteiger partial charge in [0.1, 0.15) is 5.00 Å². The molecular weight excluding hydrogens is 312 g/mol. The number of aryl methyl sites for hydroxylation is 1. The van der Waals surface area contributed by atoms with Gasteiger partial charge in [-0.2, -0.15) is 0 Å². The fourth-order valence-corrected chi connectivity index (χ4v) is 3.28.